The molecule has 0 aromatic heterocycles. The van der Waals surface area contributed by atoms with E-state index in [1.807, 2.05) is 11.8 Å². The van der Waals surface area contributed by atoms with Crippen molar-refractivity contribution in [3.63, 3.8) is 0 Å². The summed E-state index contributed by atoms with van der Waals surface area (Å²) in [4.78, 5) is 14.6. The van der Waals surface area contributed by atoms with Gasteiger partial charge in [-0.1, -0.05) is 0 Å². The molecule has 0 radical (unpaired) electrons. The molecule has 0 unspecified atom stereocenters. The number of carbonyl (C=O) groups is 1. The van der Waals surface area contributed by atoms with Crippen LogP contribution in [0.4, 0.5) is 0 Å². The third-order valence-electron chi connectivity index (χ3n) is 4.68. The summed E-state index contributed by atoms with van der Waals surface area (Å²) in [6, 6.07) is 4.99. The van der Waals surface area contributed by atoms with Gasteiger partial charge in [0.05, 0.1) is 32.3 Å². The maximum Gasteiger partial charge on any atom is 0.176 e. The predicted molar refractivity (Wildman–Crippen MR) is 96.2 cm³/mol. The quantitative estimate of drug-likeness (QED) is 0.673. The fourth-order valence-corrected chi connectivity index (χ4v) is 5.38. The standard InChI is InChI=1S/C17H26N2O5S/c1-17(6-9-25(21,22)12-17)19(8-7-18)11-14(20)13-4-5-15(23-2)16(10-13)24-3/h4-5,10H,6-9,11-12,18H2,1-3H3/t17-/m0/s1. The lowest BCUT2D eigenvalue weighted by atomic mass is 9.98. The number of Topliss-reactive ketones (excluding diaryl/α,β-unsaturated/α-hetero) is 1. The van der Waals surface area contributed by atoms with E-state index in [9.17, 15) is 13.2 Å². The Morgan fingerprint density at radius 3 is 2.48 bits per heavy atom. The average molecular weight is 370 g/mol. The highest BCUT2D eigenvalue weighted by Crippen LogP contribution is 2.31. The minimum atomic E-state index is -3.07. The normalized spacial score (nSPS) is 22.1. The third kappa shape index (κ3) is 4.50. The van der Waals surface area contributed by atoms with Crippen LogP contribution in [-0.2, 0) is 9.84 Å². The molecule has 1 aliphatic heterocycles. The molecular formula is C17H26N2O5S. The number of nitrogens with two attached hydrogens (primary N) is 1. The molecule has 1 fully saturated rings. The average Bonchev–Trinajstić information content (AvgIpc) is 2.88. The van der Waals surface area contributed by atoms with Crippen molar-refractivity contribution in [3.05, 3.63) is 23.8 Å². The molecule has 1 atom stereocenters. The van der Waals surface area contributed by atoms with Crippen molar-refractivity contribution in [3.8, 4) is 11.5 Å². The van der Waals surface area contributed by atoms with E-state index in [1.165, 1.54) is 14.2 Å². The zero-order valence-electron chi connectivity index (χ0n) is 14.9. The predicted octanol–water partition coefficient (Wildman–Crippen LogP) is 0.724. The van der Waals surface area contributed by atoms with Crippen LogP contribution in [0.1, 0.15) is 23.7 Å². The monoisotopic (exact) mass is 370 g/mol. The smallest absolute Gasteiger partial charge is 0.176 e. The molecule has 0 amide bonds. The lowest BCUT2D eigenvalue weighted by Gasteiger charge is -2.36. The number of ether oxygens (including phenoxy) is 2. The third-order valence-corrected chi connectivity index (χ3v) is 6.57. The number of sulfone groups is 1. The van der Waals surface area contributed by atoms with Gasteiger partial charge in [0.2, 0.25) is 0 Å². The van der Waals surface area contributed by atoms with Gasteiger partial charge in [-0.15, -0.1) is 0 Å². The Bertz CT molecular complexity index is 735. The summed E-state index contributed by atoms with van der Waals surface area (Å²) in [5, 5.41) is 0. The van der Waals surface area contributed by atoms with Crippen LogP contribution in [0.3, 0.4) is 0 Å². The van der Waals surface area contributed by atoms with Gasteiger partial charge >= 0.3 is 0 Å². The summed E-state index contributed by atoms with van der Waals surface area (Å²) in [7, 11) is -0.0250. The first kappa shape index (κ1) is 19.7. The van der Waals surface area contributed by atoms with Gasteiger partial charge in [-0.2, -0.15) is 0 Å². The van der Waals surface area contributed by atoms with Gasteiger partial charge in [0.1, 0.15) is 0 Å². The Kier molecular flexibility index (Phi) is 6.08. The zero-order chi connectivity index (χ0) is 18.7. The first-order valence-corrected chi connectivity index (χ1v) is 9.97. The SMILES string of the molecule is COc1ccc(C(=O)CN(CCN)[C@@]2(C)CCS(=O)(=O)C2)cc1OC. The van der Waals surface area contributed by atoms with Gasteiger partial charge in [-0.3, -0.25) is 9.69 Å². The molecule has 2 N–H and O–H groups in total. The topological polar surface area (TPSA) is 98.9 Å². The number of methoxy groups -OCH3 is 2. The summed E-state index contributed by atoms with van der Waals surface area (Å²) in [5.41, 5.74) is 5.61. The number of ketones is 1. The molecule has 0 aliphatic carbocycles. The first-order chi connectivity index (χ1) is 11.7. The van der Waals surface area contributed by atoms with Crippen LogP contribution < -0.4 is 15.2 Å². The van der Waals surface area contributed by atoms with Crippen LogP contribution in [0.5, 0.6) is 11.5 Å². The number of carbonyl (C=O) groups excluding carboxylic acids is 1. The highest BCUT2D eigenvalue weighted by atomic mass is 32.2. The van der Waals surface area contributed by atoms with Crippen molar-refractivity contribution in [1.29, 1.82) is 0 Å². The van der Waals surface area contributed by atoms with Crippen molar-refractivity contribution in [2.24, 2.45) is 5.73 Å². The second-order valence-corrected chi connectivity index (χ2v) is 8.73. The Morgan fingerprint density at radius 2 is 1.96 bits per heavy atom. The molecule has 1 saturated heterocycles. The van der Waals surface area contributed by atoms with E-state index < -0.39 is 15.4 Å². The van der Waals surface area contributed by atoms with Crippen molar-refractivity contribution in [1.82, 2.24) is 4.90 Å². The molecule has 0 spiro atoms. The molecule has 1 aromatic rings. The molecule has 140 valence electrons. The molecule has 2 rings (SSSR count). The molecule has 1 heterocycles. The maximum absolute atomic E-state index is 12.7. The van der Waals surface area contributed by atoms with Crippen LogP contribution in [0.2, 0.25) is 0 Å². The van der Waals surface area contributed by atoms with Crippen molar-refractivity contribution >= 4 is 15.6 Å². The zero-order valence-corrected chi connectivity index (χ0v) is 15.8. The molecule has 1 aromatic carbocycles. The summed E-state index contributed by atoms with van der Waals surface area (Å²) >= 11 is 0. The lowest BCUT2D eigenvalue weighted by molar-refractivity contribution is 0.0803. The molecule has 0 bridgehead atoms. The minimum Gasteiger partial charge on any atom is -0.493 e. The number of nitrogens with zero attached hydrogens (tertiary/aromatic N) is 1. The first-order valence-electron chi connectivity index (χ1n) is 8.15. The van der Waals surface area contributed by atoms with Crippen molar-refractivity contribution in [2.45, 2.75) is 18.9 Å². The van der Waals surface area contributed by atoms with Crippen LogP contribution in [0, 0.1) is 0 Å². The van der Waals surface area contributed by atoms with Gasteiger partial charge in [-0.25, -0.2) is 8.42 Å². The second-order valence-electron chi connectivity index (χ2n) is 6.54. The summed E-state index contributed by atoms with van der Waals surface area (Å²) in [5.74, 6) is 1.12. The van der Waals surface area contributed by atoms with Crippen LogP contribution >= 0.6 is 0 Å². The van der Waals surface area contributed by atoms with Gasteiger partial charge in [0, 0.05) is 24.2 Å². The fourth-order valence-electron chi connectivity index (χ4n) is 3.21. The van der Waals surface area contributed by atoms with Gasteiger partial charge in [0.25, 0.3) is 0 Å². The molecule has 0 saturated carbocycles. The van der Waals surface area contributed by atoms with Crippen molar-refractivity contribution in [2.75, 3.05) is 45.4 Å². The number of hydrogen-bond acceptors (Lipinski definition) is 7. The highest BCUT2D eigenvalue weighted by Gasteiger charge is 2.43. The van der Waals surface area contributed by atoms with Gasteiger partial charge in [-0.05, 0) is 31.5 Å². The van der Waals surface area contributed by atoms with Gasteiger partial charge < -0.3 is 15.2 Å². The summed E-state index contributed by atoms with van der Waals surface area (Å²) in [6.45, 7) is 2.81. The number of hydrogen-bond donors (Lipinski definition) is 1. The second kappa shape index (κ2) is 7.72. The molecule has 25 heavy (non-hydrogen) atoms. The molecule has 8 heteroatoms. The Balaban J connectivity index is 2.21. The lowest BCUT2D eigenvalue weighted by Crippen LogP contribution is -2.51. The van der Waals surface area contributed by atoms with E-state index in [1.54, 1.807) is 18.2 Å². The summed E-state index contributed by atoms with van der Waals surface area (Å²) in [6.07, 6.45) is 0.508. The fraction of sp³-hybridized carbons (Fsp3) is 0.588. The largest absolute Gasteiger partial charge is 0.493 e. The van der Waals surface area contributed by atoms with E-state index >= 15 is 0 Å². The highest BCUT2D eigenvalue weighted by molar-refractivity contribution is 7.91. The van der Waals surface area contributed by atoms with Crippen molar-refractivity contribution < 1.29 is 22.7 Å². The molecule has 7 nitrogen and oxygen atoms in total. The van der Waals surface area contributed by atoms with E-state index in [2.05, 4.69) is 0 Å². The van der Waals surface area contributed by atoms with E-state index in [0.29, 0.717) is 36.6 Å². The van der Waals surface area contributed by atoms with Crippen LogP contribution in [-0.4, -0.2) is 70.0 Å². The molecular weight excluding hydrogens is 344 g/mol. The van der Waals surface area contributed by atoms with E-state index in [4.69, 9.17) is 15.2 Å². The Hall–Kier alpha value is -1.64. The Labute approximate surface area is 149 Å². The minimum absolute atomic E-state index is 0.0548. The van der Waals surface area contributed by atoms with Crippen LogP contribution in [0.25, 0.3) is 0 Å². The maximum atomic E-state index is 12.7. The molecule has 1 aliphatic rings. The van der Waals surface area contributed by atoms with Gasteiger partial charge in [0.15, 0.2) is 27.1 Å². The Morgan fingerprint density at radius 1 is 1.28 bits per heavy atom. The summed E-state index contributed by atoms with van der Waals surface area (Å²) < 4.78 is 34.2. The van der Waals surface area contributed by atoms with Crippen LogP contribution in [0.15, 0.2) is 18.2 Å². The van der Waals surface area contributed by atoms with E-state index in [0.717, 1.165) is 0 Å². The number of benzene rings is 1. The van der Waals surface area contributed by atoms with E-state index in [-0.39, 0.29) is 23.8 Å². The number of rotatable bonds is 8.